The first kappa shape index (κ1) is 15.0. The predicted octanol–water partition coefficient (Wildman–Crippen LogP) is 0.118. The van der Waals surface area contributed by atoms with Crippen LogP contribution in [0.1, 0.15) is 6.92 Å². The Balaban J connectivity index is 4.23. The van der Waals surface area contributed by atoms with Crippen LogP contribution in [0.4, 0.5) is 0 Å². The smallest absolute Gasteiger partial charge is 0.392 e. The third kappa shape index (κ3) is 8.92. The van der Waals surface area contributed by atoms with Gasteiger partial charge in [-0.15, -0.1) is 0 Å². The Morgan fingerprint density at radius 2 is 2.00 bits per heavy atom. The summed E-state index contributed by atoms with van der Waals surface area (Å²) in [5, 5.41) is 8.45. The van der Waals surface area contributed by atoms with E-state index in [-0.39, 0.29) is 13.2 Å². The Labute approximate surface area is 86.5 Å². The lowest BCUT2D eigenvalue weighted by Gasteiger charge is -2.13. The van der Waals surface area contributed by atoms with Crippen LogP contribution in [0.15, 0.2) is 11.6 Å². The summed E-state index contributed by atoms with van der Waals surface area (Å²) in [6.45, 7) is 0.951. The summed E-state index contributed by atoms with van der Waals surface area (Å²) in [5.41, 5.74) is 4.97. The van der Waals surface area contributed by atoms with Crippen LogP contribution in [-0.2, 0) is 18.0 Å². The molecule has 15 heavy (non-hydrogen) atoms. The first-order valence-corrected chi connectivity index (χ1v) is 6.87. The van der Waals surface area contributed by atoms with Crippen LogP contribution < -0.4 is 5.50 Å². The van der Waals surface area contributed by atoms with Crippen molar-refractivity contribution in [3.8, 4) is 0 Å². The molecule has 10 heteroatoms. The number of phosphoric acid groups is 1. The van der Waals surface area contributed by atoms with Gasteiger partial charge in [-0.1, -0.05) is 6.08 Å². The zero-order valence-corrected chi connectivity index (χ0v) is 9.73. The van der Waals surface area contributed by atoms with E-state index in [1.807, 2.05) is 0 Å². The number of rotatable bonds is 6. The van der Waals surface area contributed by atoms with E-state index >= 15 is 0 Å². The molecule has 0 bridgehead atoms. The van der Waals surface area contributed by atoms with Gasteiger partial charge < -0.3 is 14.9 Å². The molecule has 90 valence electrons. The fourth-order valence-corrected chi connectivity index (χ4v) is 2.31. The van der Waals surface area contributed by atoms with E-state index in [4.69, 9.17) is 14.9 Å². The van der Waals surface area contributed by atoms with Gasteiger partial charge in [0.15, 0.2) is 0 Å². The summed E-state index contributed by atoms with van der Waals surface area (Å²) in [4.78, 5) is 17.3. The van der Waals surface area contributed by atoms with Crippen LogP contribution in [0.2, 0.25) is 0 Å². The van der Waals surface area contributed by atoms with Gasteiger partial charge in [-0.05, 0) is 12.5 Å². The predicted molar refractivity (Wildman–Crippen MR) is 51.7 cm³/mol. The molecule has 8 nitrogen and oxygen atoms in total. The highest BCUT2D eigenvalue weighted by Gasteiger charge is 2.30. The molecule has 0 aliphatic carbocycles. The number of aliphatic hydroxyl groups is 1. The maximum Gasteiger partial charge on any atom is 0.480 e. The van der Waals surface area contributed by atoms with E-state index in [0.29, 0.717) is 5.57 Å². The number of hydrogen-bond acceptors (Lipinski definition) is 5. The van der Waals surface area contributed by atoms with Gasteiger partial charge in [-0.25, -0.2) is 14.6 Å². The molecule has 0 aromatic heterocycles. The second-order valence-corrected chi connectivity index (χ2v) is 5.60. The molecule has 0 fully saturated rings. The van der Waals surface area contributed by atoms with E-state index in [1.54, 1.807) is 0 Å². The Morgan fingerprint density at radius 3 is 2.40 bits per heavy atom. The van der Waals surface area contributed by atoms with Gasteiger partial charge in [0.1, 0.15) is 0 Å². The van der Waals surface area contributed by atoms with Crippen molar-refractivity contribution in [2.75, 3.05) is 13.2 Å². The fraction of sp³-hybridized carbons (Fsp3) is 0.600. The molecule has 5 N–H and O–H groups in total. The minimum atomic E-state index is -4.65. The molecule has 2 unspecified atom stereocenters. The van der Waals surface area contributed by atoms with Gasteiger partial charge >= 0.3 is 15.6 Å². The zero-order valence-electron chi connectivity index (χ0n) is 7.94. The molecular weight excluding hydrogens is 248 g/mol. The van der Waals surface area contributed by atoms with Crippen molar-refractivity contribution in [2.24, 2.45) is 5.50 Å². The first-order chi connectivity index (χ1) is 6.66. The van der Waals surface area contributed by atoms with Crippen molar-refractivity contribution in [3.05, 3.63) is 11.6 Å². The summed E-state index contributed by atoms with van der Waals surface area (Å²) in [6.07, 6.45) is 1.33. The van der Waals surface area contributed by atoms with Crippen LogP contribution >= 0.6 is 15.6 Å². The Bertz CT molecular complexity index is 321. The molecule has 0 amide bonds. The molecule has 2 atom stereocenters. The quantitative estimate of drug-likeness (QED) is 0.390. The first-order valence-electron chi connectivity index (χ1n) is 3.73. The van der Waals surface area contributed by atoms with Crippen LogP contribution in [0.3, 0.4) is 0 Å². The average Bonchev–Trinajstić information content (AvgIpc) is 1.97. The molecule has 0 aliphatic heterocycles. The maximum atomic E-state index is 10.9. The monoisotopic (exact) mass is 261 g/mol. The molecule has 0 heterocycles. The van der Waals surface area contributed by atoms with Crippen molar-refractivity contribution in [1.29, 1.82) is 0 Å². The summed E-state index contributed by atoms with van der Waals surface area (Å²) in [7, 11) is -9.22. The van der Waals surface area contributed by atoms with Gasteiger partial charge in [0.25, 0.3) is 0 Å². The molecule has 0 aliphatic rings. The molecule has 0 rings (SSSR count). The molecule has 0 aromatic carbocycles. The highest BCUT2D eigenvalue weighted by molar-refractivity contribution is 7.62. The number of aliphatic hydroxyl groups excluding tert-OH is 1. The summed E-state index contributed by atoms with van der Waals surface area (Å²) < 4.78 is 29.5. The number of phosphoric ester groups is 1. The minimum Gasteiger partial charge on any atom is -0.392 e. The van der Waals surface area contributed by atoms with E-state index in [0.717, 1.165) is 0 Å². The van der Waals surface area contributed by atoms with E-state index in [1.165, 1.54) is 13.0 Å². The zero-order chi connectivity index (χ0) is 12.1. The Hall–Kier alpha value is -0.0400. The highest BCUT2D eigenvalue weighted by atomic mass is 31.3. The molecular formula is C5H13NO7P2. The maximum absolute atomic E-state index is 10.9. The van der Waals surface area contributed by atoms with Gasteiger partial charge in [0.05, 0.1) is 13.2 Å². The standard InChI is InChI=1S/C5H13NO7P2/c1-5(2-3-7)4-12-15(10,11)13-14(6,8)9/h2,7H,3-4H2,1H3,(H,10,11)(H3,6,8,9)/b5-2+. The summed E-state index contributed by atoms with van der Waals surface area (Å²) >= 11 is 0. The lowest BCUT2D eigenvalue weighted by atomic mass is 10.3. The lowest BCUT2D eigenvalue weighted by molar-refractivity contribution is 0.208. The third-order valence-electron chi connectivity index (χ3n) is 1.12. The van der Waals surface area contributed by atoms with Crippen LogP contribution in [0, 0.1) is 0 Å². The Kier molecular flexibility index (Phi) is 5.87. The minimum absolute atomic E-state index is 0.249. The van der Waals surface area contributed by atoms with Crippen molar-refractivity contribution in [3.63, 3.8) is 0 Å². The van der Waals surface area contributed by atoms with E-state index in [2.05, 4.69) is 14.3 Å². The second-order valence-electron chi connectivity index (χ2n) is 2.62. The summed E-state index contributed by atoms with van der Waals surface area (Å²) in [5.74, 6) is 0. The average molecular weight is 261 g/mol. The molecule has 0 aromatic rings. The van der Waals surface area contributed by atoms with Crippen molar-refractivity contribution < 1.29 is 32.9 Å². The number of hydrogen-bond donors (Lipinski definition) is 4. The number of nitrogens with two attached hydrogens (primary N) is 1. The van der Waals surface area contributed by atoms with Gasteiger partial charge in [-0.3, -0.25) is 4.52 Å². The Morgan fingerprint density at radius 1 is 1.47 bits per heavy atom. The van der Waals surface area contributed by atoms with Gasteiger partial charge in [0.2, 0.25) is 0 Å². The topological polar surface area (TPSA) is 139 Å². The molecule has 0 radical (unpaired) electrons. The van der Waals surface area contributed by atoms with Gasteiger partial charge in [0, 0.05) is 0 Å². The van der Waals surface area contributed by atoms with E-state index < -0.39 is 15.6 Å². The van der Waals surface area contributed by atoms with Crippen molar-refractivity contribution in [1.82, 2.24) is 0 Å². The van der Waals surface area contributed by atoms with Gasteiger partial charge in [-0.2, -0.15) is 4.31 Å². The van der Waals surface area contributed by atoms with Crippen LogP contribution in [0.5, 0.6) is 0 Å². The molecule has 0 saturated carbocycles. The SMILES string of the molecule is C/C(=C\CO)COP(=O)(O)OP(N)(=O)O. The van der Waals surface area contributed by atoms with Crippen LogP contribution in [-0.4, -0.2) is 28.1 Å². The second kappa shape index (κ2) is 5.89. The van der Waals surface area contributed by atoms with E-state index in [9.17, 15) is 9.13 Å². The largest absolute Gasteiger partial charge is 0.480 e. The molecule has 0 saturated heterocycles. The fourth-order valence-electron chi connectivity index (χ4n) is 0.570. The normalized spacial score (nSPS) is 20.7. The lowest BCUT2D eigenvalue weighted by Crippen LogP contribution is -2.01. The third-order valence-corrected chi connectivity index (χ3v) is 3.33. The highest BCUT2D eigenvalue weighted by Crippen LogP contribution is 2.55. The van der Waals surface area contributed by atoms with Crippen molar-refractivity contribution in [2.45, 2.75) is 6.92 Å². The van der Waals surface area contributed by atoms with Crippen LogP contribution in [0.25, 0.3) is 0 Å². The van der Waals surface area contributed by atoms with Crippen molar-refractivity contribution >= 4 is 15.6 Å². The summed E-state index contributed by atoms with van der Waals surface area (Å²) in [6, 6.07) is 0. The molecule has 0 spiro atoms.